The van der Waals surface area contributed by atoms with Gasteiger partial charge in [0.25, 0.3) is 0 Å². The Labute approximate surface area is 82.4 Å². The fourth-order valence-corrected chi connectivity index (χ4v) is 1.31. The van der Waals surface area contributed by atoms with Crippen LogP contribution in [0.25, 0.3) is 0 Å². The molecule has 0 aliphatic carbocycles. The van der Waals surface area contributed by atoms with Crippen LogP contribution in [0.5, 0.6) is 0 Å². The number of carbonyl (C=O) groups is 1. The maximum Gasteiger partial charge on any atom is 0.323 e. The second kappa shape index (κ2) is 6.72. The third-order valence-electron chi connectivity index (χ3n) is 1.88. The lowest BCUT2D eigenvalue weighted by atomic mass is 10.1. The number of hydrogen-bond donors (Lipinski definition) is 4. The molecule has 0 bridgehead atoms. The lowest BCUT2D eigenvalue weighted by Gasteiger charge is -2.29. The highest BCUT2D eigenvalue weighted by Crippen LogP contribution is 2.04. The van der Waals surface area contributed by atoms with Gasteiger partial charge in [-0.2, -0.15) is 0 Å². The van der Waals surface area contributed by atoms with Crippen molar-refractivity contribution in [1.82, 2.24) is 4.90 Å². The molecule has 0 aromatic heterocycles. The Morgan fingerprint density at radius 3 is 1.93 bits per heavy atom. The van der Waals surface area contributed by atoms with Crippen LogP contribution in [0, 0.1) is 0 Å². The first-order valence-electron chi connectivity index (χ1n) is 4.41. The summed E-state index contributed by atoms with van der Waals surface area (Å²) >= 11 is 0. The number of carboxylic acids is 1. The second-order valence-corrected chi connectivity index (χ2v) is 3.01. The third kappa shape index (κ3) is 4.01. The van der Waals surface area contributed by atoms with Gasteiger partial charge in [-0.3, -0.25) is 9.69 Å². The smallest absolute Gasteiger partial charge is 0.323 e. The molecule has 0 radical (unpaired) electrons. The largest absolute Gasteiger partial charge is 0.480 e. The molecule has 0 aliphatic rings. The molecule has 0 aliphatic heterocycles. The number of nitrogens with zero attached hydrogens (tertiary/aromatic N) is 1. The van der Waals surface area contributed by atoms with Gasteiger partial charge in [-0.1, -0.05) is 0 Å². The first-order valence-corrected chi connectivity index (χ1v) is 4.41. The standard InChI is InChI=1S/C8H17NO5/c1-6(12)7(8(13)14)9(2-4-10)3-5-11/h6-7,10-12H,2-5H2,1H3,(H,13,14)/t6-,7+/m1/s1. The molecule has 6 nitrogen and oxygen atoms in total. The molecule has 0 saturated carbocycles. The van der Waals surface area contributed by atoms with Crippen molar-refractivity contribution >= 4 is 5.97 Å². The van der Waals surface area contributed by atoms with E-state index in [0.29, 0.717) is 0 Å². The number of aliphatic carboxylic acids is 1. The molecule has 4 N–H and O–H groups in total. The Balaban J connectivity index is 4.46. The van der Waals surface area contributed by atoms with Gasteiger partial charge in [-0.25, -0.2) is 0 Å². The van der Waals surface area contributed by atoms with Crippen molar-refractivity contribution in [3.05, 3.63) is 0 Å². The minimum absolute atomic E-state index is 0.114. The molecule has 6 heteroatoms. The third-order valence-corrected chi connectivity index (χ3v) is 1.88. The van der Waals surface area contributed by atoms with Gasteiger partial charge in [-0.05, 0) is 6.92 Å². The van der Waals surface area contributed by atoms with E-state index in [9.17, 15) is 9.90 Å². The zero-order valence-electron chi connectivity index (χ0n) is 8.13. The van der Waals surface area contributed by atoms with Crippen molar-refractivity contribution in [3.63, 3.8) is 0 Å². The summed E-state index contributed by atoms with van der Waals surface area (Å²) in [7, 11) is 0. The van der Waals surface area contributed by atoms with Crippen molar-refractivity contribution in [1.29, 1.82) is 0 Å². The van der Waals surface area contributed by atoms with Crippen LogP contribution in [0.2, 0.25) is 0 Å². The molecule has 0 heterocycles. The SMILES string of the molecule is C[C@@H](O)[C@@H](C(=O)O)N(CCO)CCO. The normalized spacial score (nSPS) is 15.5. The van der Waals surface area contributed by atoms with Gasteiger partial charge in [0.15, 0.2) is 0 Å². The summed E-state index contributed by atoms with van der Waals surface area (Å²) in [4.78, 5) is 12.1. The number of carboxylic acid groups (broad SMARTS) is 1. The van der Waals surface area contributed by atoms with Crippen molar-refractivity contribution < 1.29 is 25.2 Å². The molecule has 14 heavy (non-hydrogen) atoms. The monoisotopic (exact) mass is 207 g/mol. The number of aliphatic hydroxyl groups excluding tert-OH is 3. The van der Waals surface area contributed by atoms with Crippen LogP contribution in [0.1, 0.15) is 6.92 Å². The fraction of sp³-hybridized carbons (Fsp3) is 0.875. The quantitative estimate of drug-likeness (QED) is 0.389. The highest BCUT2D eigenvalue weighted by atomic mass is 16.4. The van der Waals surface area contributed by atoms with Crippen LogP contribution in [0.15, 0.2) is 0 Å². The summed E-state index contributed by atoms with van der Waals surface area (Å²) in [6, 6.07) is -1.09. The highest BCUT2D eigenvalue weighted by Gasteiger charge is 2.29. The molecule has 0 spiro atoms. The number of hydrogen-bond acceptors (Lipinski definition) is 5. The molecule has 0 amide bonds. The van der Waals surface area contributed by atoms with Crippen molar-refractivity contribution in [2.75, 3.05) is 26.3 Å². The van der Waals surface area contributed by atoms with Crippen molar-refractivity contribution in [2.45, 2.75) is 19.1 Å². The molecule has 0 aromatic rings. The summed E-state index contributed by atoms with van der Waals surface area (Å²) in [5.74, 6) is -1.16. The van der Waals surface area contributed by atoms with E-state index in [1.807, 2.05) is 0 Å². The Hall–Kier alpha value is -0.690. The fourth-order valence-electron chi connectivity index (χ4n) is 1.31. The van der Waals surface area contributed by atoms with Crippen LogP contribution >= 0.6 is 0 Å². The van der Waals surface area contributed by atoms with Crippen LogP contribution in [-0.2, 0) is 4.79 Å². The first kappa shape index (κ1) is 13.3. The van der Waals surface area contributed by atoms with Gasteiger partial charge in [-0.15, -0.1) is 0 Å². The molecular weight excluding hydrogens is 190 g/mol. The summed E-state index contributed by atoms with van der Waals surface area (Å²) in [6.07, 6.45) is -1.05. The Morgan fingerprint density at radius 1 is 1.29 bits per heavy atom. The van der Waals surface area contributed by atoms with Gasteiger partial charge >= 0.3 is 5.97 Å². The van der Waals surface area contributed by atoms with E-state index in [0.717, 1.165) is 0 Å². The number of rotatable bonds is 7. The van der Waals surface area contributed by atoms with Gasteiger partial charge in [0.05, 0.1) is 19.3 Å². The van der Waals surface area contributed by atoms with E-state index >= 15 is 0 Å². The summed E-state index contributed by atoms with van der Waals surface area (Å²) in [5, 5.41) is 35.4. The van der Waals surface area contributed by atoms with Crippen LogP contribution in [0.3, 0.4) is 0 Å². The summed E-state index contributed by atoms with van der Waals surface area (Å²) < 4.78 is 0. The van der Waals surface area contributed by atoms with Gasteiger partial charge < -0.3 is 20.4 Å². The molecule has 0 saturated heterocycles. The summed E-state index contributed by atoms with van der Waals surface area (Å²) in [6.45, 7) is 1.17. The molecule has 0 rings (SSSR count). The molecule has 0 unspecified atom stereocenters. The van der Waals surface area contributed by atoms with E-state index in [-0.39, 0.29) is 26.3 Å². The maximum absolute atomic E-state index is 10.8. The van der Waals surface area contributed by atoms with Crippen molar-refractivity contribution in [3.8, 4) is 0 Å². The topological polar surface area (TPSA) is 101 Å². The lowest BCUT2D eigenvalue weighted by molar-refractivity contribution is -0.147. The molecule has 0 aromatic carbocycles. The zero-order valence-corrected chi connectivity index (χ0v) is 8.13. The Morgan fingerprint density at radius 2 is 1.71 bits per heavy atom. The van der Waals surface area contributed by atoms with E-state index < -0.39 is 18.1 Å². The number of aliphatic hydroxyl groups is 3. The molecule has 0 fully saturated rings. The van der Waals surface area contributed by atoms with Crippen LogP contribution < -0.4 is 0 Å². The van der Waals surface area contributed by atoms with E-state index in [2.05, 4.69) is 0 Å². The van der Waals surface area contributed by atoms with E-state index in [1.165, 1.54) is 11.8 Å². The van der Waals surface area contributed by atoms with Crippen LogP contribution in [0.4, 0.5) is 0 Å². The lowest BCUT2D eigenvalue weighted by Crippen LogP contribution is -2.50. The van der Waals surface area contributed by atoms with E-state index in [4.69, 9.17) is 15.3 Å². The minimum Gasteiger partial charge on any atom is -0.480 e. The molecule has 84 valence electrons. The minimum atomic E-state index is -1.16. The van der Waals surface area contributed by atoms with Gasteiger partial charge in [0, 0.05) is 13.1 Å². The van der Waals surface area contributed by atoms with Crippen LogP contribution in [-0.4, -0.2) is 69.7 Å². The first-order chi connectivity index (χ1) is 6.54. The zero-order chi connectivity index (χ0) is 11.1. The van der Waals surface area contributed by atoms with E-state index in [1.54, 1.807) is 0 Å². The molecule has 2 atom stereocenters. The van der Waals surface area contributed by atoms with Gasteiger partial charge in [0.1, 0.15) is 6.04 Å². The Bertz CT molecular complexity index is 167. The van der Waals surface area contributed by atoms with Crippen molar-refractivity contribution in [2.24, 2.45) is 0 Å². The average molecular weight is 207 g/mol. The molecular formula is C8H17NO5. The average Bonchev–Trinajstić information content (AvgIpc) is 2.03. The van der Waals surface area contributed by atoms with Gasteiger partial charge in [0.2, 0.25) is 0 Å². The highest BCUT2D eigenvalue weighted by molar-refractivity contribution is 5.74. The maximum atomic E-state index is 10.8. The predicted molar refractivity (Wildman–Crippen MR) is 48.8 cm³/mol. The second-order valence-electron chi connectivity index (χ2n) is 3.01. The summed E-state index contributed by atoms with van der Waals surface area (Å²) in [5.41, 5.74) is 0. The Kier molecular flexibility index (Phi) is 6.39. The predicted octanol–water partition coefficient (Wildman–Crippen LogP) is -1.89.